The minimum absolute atomic E-state index is 0. The molecular formula is C37H45IrN2O3S-. The number of benzene rings is 2. The van der Waals surface area contributed by atoms with Crippen LogP contribution in [0.5, 0.6) is 0 Å². The number of hydrogen-bond acceptors (Lipinski definition) is 6. The number of aliphatic hydroxyl groups is 1. The van der Waals surface area contributed by atoms with Gasteiger partial charge in [0, 0.05) is 55.0 Å². The maximum absolute atomic E-state index is 11.7. The number of fused-ring (bicyclic) bond motifs is 5. The molecule has 0 amide bonds. The van der Waals surface area contributed by atoms with Gasteiger partial charge in [-0.1, -0.05) is 77.1 Å². The van der Waals surface area contributed by atoms with Crippen LogP contribution in [0.1, 0.15) is 90.3 Å². The SMILES string of the molecule is CCC(CC)C(=O)/C=C(\O)C(CC)CC.Cc1cnc(-c2[c-]ccc3c2oc2c3ccc3sc(C(C)(C)C)nc32)cc1C.[Ir]. The molecule has 237 valence electrons. The topological polar surface area (TPSA) is 76.2 Å². The predicted molar refractivity (Wildman–Crippen MR) is 181 cm³/mol. The van der Waals surface area contributed by atoms with E-state index >= 15 is 0 Å². The standard InChI is InChI=1S/C24H21N2OS.C13H24O2.Ir/c1-13-11-18(25-12-14(13)2)17-8-6-7-15-16-9-10-19-20(22(16)27-21(15)17)26-23(28-19)24(3,4)5;1-5-10(6-2)12(14)9-13(15)11(7-3)8-4;/h6-7,9-12H,1-5H3;9-11,14H,5-8H2,1-4H3;/q-1;;/b;12-9-;. The summed E-state index contributed by atoms with van der Waals surface area (Å²) < 4.78 is 7.58. The molecule has 3 heterocycles. The summed E-state index contributed by atoms with van der Waals surface area (Å²) in [4.78, 5) is 21.3. The molecule has 0 atom stereocenters. The zero-order chi connectivity index (χ0) is 31.5. The first-order valence-corrected chi connectivity index (χ1v) is 16.3. The zero-order valence-corrected chi connectivity index (χ0v) is 30.6. The Morgan fingerprint density at radius 3 is 2.20 bits per heavy atom. The Hall–Kier alpha value is -2.86. The van der Waals surface area contributed by atoms with Gasteiger partial charge in [0.2, 0.25) is 0 Å². The summed E-state index contributed by atoms with van der Waals surface area (Å²) in [5, 5.41) is 13.1. The second-order valence-corrected chi connectivity index (χ2v) is 13.4. The van der Waals surface area contributed by atoms with Crippen LogP contribution in [-0.2, 0) is 30.3 Å². The predicted octanol–water partition coefficient (Wildman–Crippen LogP) is 10.8. The third-order valence-electron chi connectivity index (χ3n) is 8.31. The zero-order valence-electron chi connectivity index (χ0n) is 27.4. The van der Waals surface area contributed by atoms with E-state index in [1.165, 1.54) is 17.2 Å². The number of thiazole rings is 1. The van der Waals surface area contributed by atoms with Crippen LogP contribution < -0.4 is 0 Å². The van der Waals surface area contributed by atoms with Gasteiger partial charge in [0.1, 0.15) is 11.1 Å². The Morgan fingerprint density at radius 1 is 0.977 bits per heavy atom. The van der Waals surface area contributed by atoms with Crippen molar-refractivity contribution in [1.29, 1.82) is 0 Å². The number of hydrogen-bond donors (Lipinski definition) is 1. The Kier molecular flexibility index (Phi) is 12.1. The van der Waals surface area contributed by atoms with Crippen molar-refractivity contribution in [2.75, 3.05) is 0 Å². The molecule has 2 aromatic carbocycles. The van der Waals surface area contributed by atoms with Crippen molar-refractivity contribution in [2.45, 2.75) is 93.4 Å². The molecule has 0 spiro atoms. The maximum atomic E-state index is 11.7. The third-order valence-corrected chi connectivity index (χ3v) is 9.76. The van der Waals surface area contributed by atoms with E-state index in [0.717, 1.165) is 74.1 Å². The van der Waals surface area contributed by atoms with Gasteiger partial charge in [0.25, 0.3) is 0 Å². The number of allylic oxidation sites excluding steroid dienone is 2. The van der Waals surface area contributed by atoms with Crippen molar-refractivity contribution < 1.29 is 34.4 Å². The largest absolute Gasteiger partial charge is 0.512 e. The van der Waals surface area contributed by atoms with Gasteiger partial charge < -0.3 is 14.5 Å². The molecule has 0 saturated carbocycles. The van der Waals surface area contributed by atoms with E-state index in [4.69, 9.17) is 9.40 Å². The second kappa shape index (κ2) is 14.9. The number of aliphatic hydroxyl groups excluding tert-OH is 1. The van der Waals surface area contributed by atoms with Gasteiger partial charge >= 0.3 is 0 Å². The number of rotatable bonds is 8. The van der Waals surface area contributed by atoms with Crippen molar-refractivity contribution in [3.8, 4) is 11.3 Å². The Balaban J connectivity index is 0.000000286. The van der Waals surface area contributed by atoms with Gasteiger partial charge in [0.15, 0.2) is 5.78 Å². The van der Waals surface area contributed by atoms with E-state index in [0.29, 0.717) is 0 Å². The Bertz CT molecular complexity index is 1770. The number of aryl methyl sites for hydroxylation is 2. The minimum Gasteiger partial charge on any atom is -0.512 e. The van der Waals surface area contributed by atoms with Crippen molar-refractivity contribution in [3.63, 3.8) is 0 Å². The summed E-state index contributed by atoms with van der Waals surface area (Å²) in [6.07, 6.45) is 6.82. The number of nitrogens with zero attached hydrogens (tertiary/aromatic N) is 2. The van der Waals surface area contributed by atoms with Crippen LogP contribution in [0.4, 0.5) is 0 Å². The molecule has 5 aromatic rings. The summed E-state index contributed by atoms with van der Waals surface area (Å²) in [7, 11) is 0. The summed E-state index contributed by atoms with van der Waals surface area (Å²) in [6, 6.07) is 13.8. The number of carbonyl (C=O) groups is 1. The van der Waals surface area contributed by atoms with E-state index in [9.17, 15) is 9.90 Å². The average Bonchev–Trinajstić information content (AvgIpc) is 3.58. The van der Waals surface area contributed by atoms with Crippen LogP contribution in [0, 0.1) is 31.7 Å². The molecule has 44 heavy (non-hydrogen) atoms. The van der Waals surface area contributed by atoms with Crippen LogP contribution >= 0.6 is 11.3 Å². The molecule has 3 aromatic heterocycles. The molecule has 0 unspecified atom stereocenters. The third kappa shape index (κ3) is 7.50. The maximum Gasteiger partial charge on any atom is 0.162 e. The molecule has 0 fully saturated rings. The molecule has 0 bridgehead atoms. The first-order chi connectivity index (χ1) is 20.4. The van der Waals surface area contributed by atoms with E-state index in [-0.39, 0.29) is 48.9 Å². The molecule has 0 aliphatic heterocycles. The van der Waals surface area contributed by atoms with E-state index in [1.54, 1.807) is 11.3 Å². The smallest absolute Gasteiger partial charge is 0.162 e. The second-order valence-electron chi connectivity index (χ2n) is 12.4. The Morgan fingerprint density at radius 2 is 1.61 bits per heavy atom. The molecule has 7 heteroatoms. The average molecular weight is 790 g/mol. The summed E-state index contributed by atoms with van der Waals surface area (Å²) >= 11 is 1.74. The molecular weight excluding hydrogens is 745 g/mol. The summed E-state index contributed by atoms with van der Waals surface area (Å²) in [5.41, 5.74) is 6.82. The van der Waals surface area contributed by atoms with Crippen LogP contribution in [0.25, 0.3) is 43.4 Å². The van der Waals surface area contributed by atoms with Crippen LogP contribution in [0.15, 0.2) is 52.8 Å². The first-order valence-electron chi connectivity index (χ1n) is 15.5. The van der Waals surface area contributed by atoms with E-state index in [2.05, 4.69) is 69.9 Å². The van der Waals surface area contributed by atoms with Gasteiger partial charge in [-0.2, -0.15) is 0 Å². The summed E-state index contributed by atoms with van der Waals surface area (Å²) in [6.45, 7) is 18.8. The number of furan rings is 1. The monoisotopic (exact) mass is 790 g/mol. The van der Waals surface area contributed by atoms with Gasteiger partial charge in [-0.05, 0) is 56.9 Å². The van der Waals surface area contributed by atoms with Gasteiger partial charge in [-0.25, -0.2) is 4.98 Å². The number of carbonyl (C=O) groups excluding carboxylic acids is 1. The van der Waals surface area contributed by atoms with Gasteiger partial charge in [0.05, 0.1) is 21.0 Å². The molecule has 1 radical (unpaired) electrons. The quantitative estimate of drug-likeness (QED) is 0.0962. The molecule has 1 N–H and O–H groups in total. The minimum atomic E-state index is 0. The molecule has 0 saturated heterocycles. The van der Waals surface area contributed by atoms with Crippen LogP contribution in [0.2, 0.25) is 0 Å². The van der Waals surface area contributed by atoms with Gasteiger partial charge in [-0.15, -0.1) is 29.5 Å². The van der Waals surface area contributed by atoms with Gasteiger partial charge in [-0.3, -0.25) is 4.79 Å². The number of aromatic nitrogens is 2. The number of ketones is 1. The molecule has 5 rings (SSSR count). The molecule has 0 aliphatic carbocycles. The molecule has 0 aliphatic rings. The van der Waals surface area contributed by atoms with Crippen molar-refractivity contribution >= 4 is 49.3 Å². The van der Waals surface area contributed by atoms with Crippen LogP contribution in [0.3, 0.4) is 0 Å². The normalized spacial score (nSPS) is 12.2. The fraction of sp³-hybridized carbons (Fsp3) is 0.432. The fourth-order valence-corrected chi connectivity index (χ4v) is 6.26. The molecule has 5 nitrogen and oxygen atoms in total. The summed E-state index contributed by atoms with van der Waals surface area (Å²) in [5.74, 6) is 0.547. The fourth-order valence-electron chi connectivity index (χ4n) is 5.24. The Labute approximate surface area is 279 Å². The number of pyridine rings is 1. The van der Waals surface area contributed by atoms with Crippen molar-refractivity contribution in [3.05, 3.63) is 70.6 Å². The van der Waals surface area contributed by atoms with Crippen molar-refractivity contribution in [2.24, 2.45) is 11.8 Å². The van der Waals surface area contributed by atoms with E-state index < -0.39 is 0 Å². The van der Waals surface area contributed by atoms with Crippen LogP contribution in [-0.4, -0.2) is 20.9 Å². The first kappa shape index (κ1) is 35.6. The van der Waals surface area contributed by atoms with E-state index in [1.807, 2.05) is 40.0 Å². The van der Waals surface area contributed by atoms with Crippen molar-refractivity contribution in [1.82, 2.24) is 9.97 Å².